The Labute approximate surface area is 251 Å². The molecule has 0 radical (unpaired) electrons. The molecule has 40 heavy (non-hydrogen) atoms. The maximum atomic E-state index is 14.0. The second kappa shape index (κ2) is 13.3. The number of carbonyl (C=O) groups is 2. The van der Waals surface area contributed by atoms with Crippen LogP contribution in [0.3, 0.4) is 0 Å². The molecule has 0 saturated heterocycles. The summed E-state index contributed by atoms with van der Waals surface area (Å²) in [7, 11) is -4.21. The molecular weight excluding hydrogens is 593 g/mol. The molecule has 0 aliphatic heterocycles. The van der Waals surface area contributed by atoms with Crippen molar-refractivity contribution in [3.8, 4) is 0 Å². The van der Waals surface area contributed by atoms with Crippen LogP contribution in [0.5, 0.6) is 0 Å². The number of rotatable bonds is 10. The molecule has 2 amide bonds. The van der Waals surface area contributed by atoms with Crippen molar-refractivity contribution in [2.45, 2.75) is 58.1 Å². The Morgan fingerprint density at radius 3 is 2.15 bits per heavy atom. The predicted molar refractivity (Wildman–Crippen MR) is 162 cm³/mol. The van der Waals surface area contributed by atoms with Gasteiger partial charge in [-0.25, -0.2) is 8.42 Å². The Morgan fingerprint density at radius 1 is 0.900 bits per heavy atom. The summed E-state index contributed by atoms with van der Waals surface area (Å²) in [4.78, 5) is 28.4. The molecule has 3 rings (SSSR count). The van der Waals surface area contributed by atoms with Crippen LogP contribution in [0, 0.1) is 13.8 Å². The highest BCUT2D eigenvalue weighted by Crippen LogP contribution is 2.31. The van der Waals surface area contributed by atoms with E-state index in [1.807, 2.05) is 20.8 Å². The summed E-state index contributed by atoms with van der Waals surface area (Å²) in [6.07, 6.45) is 0. The molecule has 0 aliphatic carbocycles. The molecule has 7 nitrogen and oxygen atoms in total. The van der Waals surface area contributed by atoms with Crippen LogP contribution >= 0.6 is 34.8 Å². The van der Waals surface area contributed by atoms with Gasteiger partial charge in [-0.3, -0.25) is 13.9 Å². The number of hydrogen-bond acceptors (Lipinski definition) is 4. The van der Waals surface area contributed by atoms with Crippen LogP contribution < -0.4 is 9.62 Å². The van der Waals surface area contributed by atoms with E-state index in [9.17, 15) is 18.0 Å². The minimum atomic E-state index is -4.21. The number of sulfonamides is 1. The van der Waals surface area contributed by atoms with Crippen molar-refractivity contribution in [3.63, 3.8) is 0 Å². The van der Waals surface area contributed by atoms with Crippen LogP contribution in [0.1, 0.15) is 37.5 Å². The average molecular weight is 625 g/mol. The molecule has 1 atom stereocenters. The van der Waals surface area contributed by atoms with Gasteiger partial charge in [-0.05, 0) is 82.1 Å². The van der Waals surface area contributed by atoms with Crippen molar-refractivity contribution < 1.29 is 18.0 Å². The number of halogens is 3. The third kappa shape index (κ3) is 7.49. The molecule has 1 N–H and O–H groups in total. The van der Waals surface area contributed by atoms with Gasteiger partial charge in [0.1, 0.15) is 12.6 Å². The molecule has 11 heteroatoms. The molecule has 214 valence electrons. The lowest BCUT2D eigenvalue weighted by molar-refractivity contribution is -0.139. The highest BCUT2D eigenvalue weighted by molar-refractivity contribution is 7.92. The Morgan fingerprint density at radius 2 is 1.55 bits per heavy atom. The number of carbonyl (C=O) groups excluding carboxylic acids is 2. The third-order valence-electron chi connectivity index (χ3n) is 6.35. The molecule has 3 aromatic carbocycles. The molecule has 3 aromatic rings. The van der Waals surface area contributed by atoms with Gasteiger partial charge in [0.2, 0.25) is 11.8 Å². The van der Waals surface area contributed by atoms with E-state index in [0.29, 0.717) is 26.2 Å². The largest absolute Gasteiger partial charge is 0.352 e. The van der Waals surface area contributed by atoms with E-state index in [2.05, 4.69) is 5.32 Å². The van der Waals surface area contributed by atoms with Crippen LogP contribution in [0.4, 0.5) is 5.69 Å². The lowest BCUT2D eigenvalue weighted by atomic mass is 10.1. The lowest BCUT2D eigenvalue weighted by Crippen LogP contribution is -2.52. The summed E-state index contributed by atoms with van der Waals surface area (Å²) in [6.45, 7) is 8.11. The number of nitrogens with zero attached hydrogens (tertiary/aromatic N) is 2. The van der Waals surface area contributed by atoms with Crippen molar-refractivity contribution in [1.29, 1.82) is 0 Å². The topological polar surface area (TPSA) is 86.8 Å². The van der Waals surface area contributed by atoms with E-state index in [4.69, 9.17) is 34.8 Å². The van der Waals surface area contributed by atoms with Crippen LogP contribution in [0.25, 0.3) is 0 Å². The van der Waals surface area contributed by atoms with Gasteiger partial charge in [0.05, 0.1) is 10.6 Å². The Hall–Kier alpha value is -2.78. The van der Waals surface area contributed by atoms with E-state index in [0.717, 1.165) is 9.87 Å². The van der Waals surface area contributed by atoms with Crippen LogP contribution in [-0.4, -0.2) is 43.8 Å². The molecule has 0 bridgehead atoms. The normalized spacial score (nSPS) is 12.2. The van der Waals surface area contributed by atoms with Gasteiger partial charge in [0, 0.05) is 27.7 Å². The Bertz CT molecular complexity index is 1490. The molecule has 0 aromatic heterocycles. The maximum Gasteiger partial charge on any atom is 0.264 e. The second-order valence-corrected chi connectivity index (χ2v) is 12.9. The van der Waals surface area contributed by atoms with Gasteiger partial charge >= 0.3 is 0 Å². The first-order chi connectivity index (χ1) is 18.7. The zero-order chi connectivity index (χ0) is 29.8. The number of anilines is 1. The van der Waals surface area contributed by atoms with Crippen LogP contribution in [0.15, 0.2) is 65.6 Å². The van der Waals surface area contributed by atoms with E-state index < -0.39 is 28.5 Å². The molecule has 0 spiro atoms. The third-order valence-corrected chi connectivity index (χ3v) is 9.12. The molecular formula is C29H32Cl3N3O4S. The first-order valence-corrected chi connectivity index (χ1v) is 15.2. The average Bonchev–Trinajstić information content (AvgIpc) is 2.88. The molecule has 0 aliphatic rings. The minimum absolute atomic E-state index is 0.0168. The van der Waals surface area contributed by atoms with Crippen LogP contribution in [0.2, 0.25) is 15.1 Å². The molecule has 0 heterocycles. The van der Waals surface area contributed by atoms with Crippen molar-refractivity contribution in [2.24, 2.45) is 0 Å². The summed E-state index contributed by atoms with van der Waals surface area (Å²) in [6, 6.07) is 15.0. The second-order valence-electron chi connectivity index (χ2n) is 9.81. The molecule has 1 unspecified atom stereocenters. The van der Waals surface area contributed by atoms with E-state index in [1.54, 1.807) is 62.4 Å². The standard InChI is InChI=1S/C29H32Cl3N3O4S/c1-18(2)33-29(37)21(5)34(16-22-11-12-23(30)15-26(22)32)28(36)17-35(27-8-6-7-25(31)20(27)4)40(38,39)24-13-9-19(3)10-14-24/h6-15,18,21H,16-17H2,1-5H3,(H,33,37). The van der Waals surface area contributed by atoms with Gasteiger partial charge in [-0.2, -0.15) is 0 Å². The highest BCUT2D eigenvalue weighted by atomic mass is 35.5. The summed E-state index contributed by atoms with van der Waals surface area (Å²) < 4.78 is 29.0. The number of amides is 2. The van der Waals surface area contributed by atoms with Crippen LogP contribution in [-0.2, 0) is 26.2 Å². The van der Waals surface area contributed by atoms with Gasteiger partial charge in [-0.15, -0.1) is 0 Å². The van der Waals surface area contributed by atoms with Crippen molar-refractivity contribution in [1.82, 2.24) is 10.2 Å². The van der Waals surface area contributed by atoms with Crippen molar-refractivity contribution in [2.75, 3.05) is 10.8 Å². The Kier molecular flexibility index (Phi) is 10.5. The van der Waals surface area contributed by atoms with Gasteiger partial charge in [0.25, 0.3) is 10.0 Å². The monoisotopic (exact) mass is 623 g/mol. The fourth-order valence-corrected chi connectivity index (χ4v) is 6.15. The van der Waals surface area contributed by atoms with E-state index in [1.165, 1.54) is 17.0 Å². The first-order valence-electron chi connectivity index (χ1n) is 12.6. The predicted octanol–water partition coefficient (Wildman–Crippen LogP) is 6.40. The van der Waals surface area contributed by atoms with Gasteiger partial charge in [0.15, 0.2) is 0 Å². The van der Waals surface area contributed by atoms with Gasteiger partial charge < -0.3 is 10.2 Å². The fraction of sp³-hybridized carbons (Fsp3) is 0.310. The summed E-state index contributed by atoms with van der Waals surface area (Å²) in [5.74, 6) is -0.993. The smallest absolute Gasteiger partial charge is 0.264 e. The molecule has 0 fully saturated rings. The fourth-order valence-electron chi connectivity index (χ4n) is 4.04. The SMILES string of the molecule is Cc1ccc(S(=O)(=O)N(CC(=O)N(Cc2ccc(Cl)cc2Cl)C(C)C(=O)NC(C)C)c2cccc(Cl)c2C)cc1. The number of nitrogens with one attached hydrogen (secondary N) is 1. The van der Waals surface area contributed by atoms with Crippen molar-refractivity contribution >= 4 is 62.3 Å². The summed E-state index contributed by atoms with van der Waals surface area (Å²) in [5.41, 5.74) is 2.18. The van der Waals surface area contributed by atoms with Gasteiger partial charge in [-0.1, -0.05) is 64.6 Å². The first kappa shape index (κ1) is 31.7. The summed E-state index contributed by atoms with van der Waals surface area (Å²) in [5, 5.41) is 3.90. The number of aryl methyl sites for hydroxylation is 1. The lowest BCUT2D eigenvalue weighted by Gasteiger charge is -2.33. The van der Waals surface area contributed by atoms with E-state index >= 15 is 0 Å². The maximum absolute atomic E-state index is 14.0. The molecule has 0 saturated carbocycles. The quantitative estimate of drug-likeness (QED) is 0.283. The van der Waals surface area contributed by atoms with E-state index in [-0.39, 0.29) is 29.1 Å². The number of benzene rings is 3. The van der Waals surface area contributed by atoms with Crippen molar-refractivity contribution in [3.05, 3.63) is 92.4 Å². The number of hydrogen-bond donors (Lipinski definition) is 1. The highest BCUT2D eigenvalue weighted by Gasteiger charge is 2.33. The minimum Gasteiger partial charge on any atom is -0.352 e. The Balaban J connectivity index is 2.10. The summed E-state index contributed by atoms with van der Waals surface area (Å²) >= 11 is 18.8. The zero-order valence-electron chi connectivity index (χ0n) is 22.9. The zero-order valence-corrected chi connectivity index (χ0v) is 26.0.